The quantitative estimate of drug-likeness (QED) is 0.844. The van der Waals surface area contributed by atoms with E-state index in [1.165, 1.54) is 6.92 Å². The van der Waals surface area contributed by atoms with Crippen molar-refractivity contribution in [2.24, 2.45) is 0 Å². The zero-order chi connectivity index (χ0) is 17.1. The van der Waals surface area contributed by atoms with E-state index in [1.54, 1.807) is 6.07 Å². The normalized spacial score (nSPS) is 11.9. The Morgan fingerprint density at radius 1 is 1.09 bits per heavy atom. The van der Waals surface area contributed by atoms with Crippen LogP contribution >= 0.6 is 11.6 Å². The molecule has 2 rings (SSSR count). The molecule has 0 spiro atoms. The minimum atomic E-state index is -0.999. The standard InChI is InChI=1S/C18H19ClO4/c1-10-7-14(19)5-6-16(10)23-15-8-11(2)17(12(3)9-15)22-13(4)18(20)21/h5-9,13H,1-4H3,(H,20,21). The van der Waals surface area contributed by atoms with Crippen LogP contribution in [0, 0.1) is 20.8 Å². The zero-order valence-corrected chi connectivity index (χ0v) is 14.3. The van der Waals surface area contributed by atoms with Crippen molar-refractivity contribution in [3.05, 3.63) is 52.0 Å². The van der Waals surface area contributed by atoms with Gasteiger partial charge in [-0.2, -0.15) is 0 Å². The van der Waals surface area contributed by atoms with Crippen LogP contribution in [-0.4, -0.2) is 17.2 Å². The van der Waals surface area contributed by atoms with E-state index in [0.717, 1.165) is 22.4 Å². The van der Waals surface area contributed by atoms with Crippen LogP contribution in [0.4, 0.5) is 0 Å². The number of aliphatic carboxylic acids is 1. The molecule has 0 bridgehead atoms. The van der Waals surface area contributed by atoms with E-state index < -0.39 is 12.1 Å². The van der Waals surface area contributed by atoms with Crippen LogP contribution < -0.4 is 9.47 Å². The van der Waals surface area contributed by atoms with E-state index in [9.17, 15) is 4.79 Å². The Hall–Kier alpha value is -2.20. The first-order valence-electron chi connectivity index (χ1n) is 7.22. The summed E-state index contributed by atoms with van der Waals surface area (Å²) in [7, 11) is 0. The lowest BCUT2D eigenvalue weighted by Gasteiger charge is -2.17. The van der Waals surface area contributed by atoms with Gasteiger partial charge in [-0.05, 0) is 74.7 Å². The SMILES string of the molecule is Cc1cc(Cl)ccc1Oc1cc(C)c(OC(C)C(=O)O)c(C)c1. The number of benzene rings is 2. The van der Waals surface area contributed by atoms with Crippen LogP contribution in [0.15, 0.2) is 30.3 Å². The van der Waals surface area contributed by atoms with E-state index in [4.69, 9.17) is 26.2 Å². The summed E-state index contributed by atoms with van der Waals surface area (Å²) in [6, 6.07) is 9.08. The molecule has 122 valence electrons. The minimum Gasteiger partial charge on any atom is -0.479 e. The molecular weight excluding hydrogens is 316 g/mol. The topological polar surface area (TPSA) is 55.8 Å². The molecule has 1 unspecified atom stereocenters. The molecule has 0 aliphatic rings. The van der Waals surface area contributed by atoms with Gasteiger partial charge in [0, 0.05) is 5.02 Å². The van der Waals surface area contributed by atoms with E-state index >= 15 is 0 Å². The highest BCUT2D eigenvalue weighted by molar-refractivity contribution is 6.30. The van der Waals surface area contributed by atoms with Gasteiger partial charge in [0.05, 0.1) is 0 Å². The Balaban J connectivity index is 2.27. The van der Waals surface area contributed by atoms with Crippen molar-refractivity contribution in [2.75, 3.05) is 0 Å². The fourth-order valence-corrected chi connectivity index (χ4v) is 2.46. The second-order valence-corrected chi connectivity index (χ2v) is 5.93. The predicted octanol–water partition coefficient (Wildman–Crippen LogP) is 4.91. The number of carbonyl (C=O) groups is 1. The molecule has 23 heavy (non-hydrogen) atoms. The first-order valence-corrected chi connectivity index (χ1v) is 7.60. The molecule has 0 radical (unpaired) electrons. The van der Waals surface area contributed by atoms with Gasteiger partial charge >= 0.3 is 5.97 Å². The maximum atomic E-state index is 10.9. The lowest BCUT2D eigenvalue weighted by atomic mass is 10.1. The van der Waals surface area contributed by atoms with Gasteiger partial charge in [0.25, 0.3) is 0 Å². The number of carboxylic acids is 1. The molecule has 1 N–H and O–H groups in total. The van der Waals surface area contributed by atoms with Crippen LogP contribution in [0.25, 0.3) is 0 Å². The van der Waals surface area contributed by atoms with Crippen molar-refractivity contribution in [3.8, 4) is 17.2 Å². The third-order valence-corrected chi connectivity index (χ3v) is 3.68. The molecule has 0 amide bonds. The number of hydrogen-bond donors (Lipinski definition) is 1. The molecular formula is C18H19ClO4. The molecule has 0 saturated heterocycles. The number of carboxylic acid groups (broad SMARTS) is 1. The van der Waals surface area contributed by atoms with Crippen LogP contribution in [-0.2, 0) is 4.79 Å². The molecule has 0 heterocycles. The lowest BCUT2D eigenvalue weighted by molar-refractivity contribution is -0.144. The van der Waals surface area contributed by atoms with E-state index in [2.05, 4.69) is 0 Å². The molecule has 0 fully saturated rings. The maximum absolute atomic E-state index is 10.9. The van der Waals surface area contributed by atoms with Gasteiger partial charge in [0.15, 0.2) is 6.10 Å². The molecule has 4 nitrogen and oxygen atoms in total. The zero-order valence-electron chi connectivity index (χ0n) is 13.5. The van der Waals surface area contributed by atoms with Crippen molar-refractivity contribution >= 4 is 17.6 Å². The number of rotatable bonds is 5. The summed E-state index contributed by atoms with van der Waals surface area (Å²) >= 11 is 5.95. The predicted molar refractivity (Wildman–Crippen MR) is 89.9 cm³/mol. The Labute approximate surface area is 140 Å². The van der Waals surface area contributed by atoms with Gasteiger partial charge in [0.1, 0.15) is 17.2 Å². The summed E-state index contributed by atoms with van der Waals surface area (Å²) in [5, 5.41) is 9.63. The number of hydrogen-bond acceptors (Lipinski definition) is 3. The Morgan fingerprint density at radius 2 is 1.70 bits per heavy atom. The van der Waals surface area contributed by atoms with Crippen molar-refractivity contribution in [3.63, 3.8) is 0 Å². The molecule has 0 aromatic heterocycles. The van der Waals surface area contributed by atoms with Crippen molar-refractivity contribution in [1.82, 2.24) is 0 Å². The summed E-state index contributed by atoms with van der Waals surface area (Å²) < 4.78 is 11.4. The van der Waals surface area contributed by atoms with Gasteiger partial charge in [-0.3, -0.25) is 0 Å². The summed E-state index contributed by atoms with van der Waals surface area (Å²) in [5.41, 5.74) is 2.58. The van der Waals surface area contributed by atoms with Gasteiger partial charge < -0.3 is 14.6 Å². The molecule has 2 aromatic carbocycles. The van der Waals surface area contributed by atoms with Gasteiger partial charge in [-0.15, -0.1) is 0 Å². The van der Waals surface area contributed by atoms with E-state index in [1.807, 2.05) is 45.0 Å². The van der Waals surface area contributed by atoms with Gasteiger partial charge in [-0.25, -0.2) is 4.79 Å². The number of aryl methyl sites for hydroxylation is 3. The van der Waals surface area contributed by atoms with E-state index in [0.29, 0.717) is 16.5 Å². The third kappa shape index (κ3) is 4.17. The second kappa shape index (κ2) is 6.92. The molecule has 1 atom stereocenters. The van der Waals surface area contributed by atoms with Gasteiger partial charge in [0.2, 0.25) is 0 Å². The van der Waals surface area contributed by atoms with Crippen molar-refractivity contribution in [1.29, 1.82) is 0 Å². The number of halogens is 1. The summed E-state index contributed by atoms with van der Waals surface area (Å²) in [6.45, 7) is 7.15. The van der Waals surface area contributed by atoms with E-state index in [-0.39, 0.29) is 0 Å². The average molecular weight is 335 g/mol. The van der Waals surface area contributed by atoms with Crippen molar-refractivity contribution < 1.29 is 19.4 Å². The first kappa shape index (κ1) is 17.2. The largest absolute Gasteiger partial charge is 0.479 e. The van der Waals surface area contributed by atoms with Crippen LogP contribution in [0.3, 0.4) is 0 Å². The Bertz CT molecular complexity index is 717. The van der Waals surface area contributed by atoms with Crippen molar-refractivity contribution in [2.45, 2.75) is 33.8 Å². The summed E-state index contributed by atoms with van der Waals surface area (Å²) in [4.78, 5) is 10.9. The maximum Gasteiger partial charge on any atom is 0.344 e. The highest BCUT2D eigenvalue weighted by atomic mass is 35.5. The Kier molecular flexibility index (Phi) is 5.16. The summed E-state index contributed by atoms with van der Waals surface area (Å²) in [6.07, 6.45) is -0.905. The van der Waals surface area contributed by atoms with Crippen LogP contribution in [0.5, 0.6) is 17.2 Å². The molecule has 2 aromatic rings. The fourth-order valence-electron chi connectivity index (χ4n) is 2.24. The monoisotopic (exact) mass is 334 g/mol. The first-order chi connectivity index (χ1) is 10.8. The van der Waals surface area contributed by atoms with Crippen LogP contribution in [0.2, 0.25) is 5.02 Å². The average Bonchev–Trinajstić information content (AvgIpc) is 2.45. The number of ether oxygens (including phenoxy) is 2. The second-order valence-electron chi connectivity index (χ2n) is 5.50. The van der Waals surface area contributed by atoms with Gasteiger partial charge in [-0.1, -0.05) is 11.6 Å². The molecule has 0 aliphatic heterocycles. The Morgan fingerprint density at radius 3 is 2.22 bits per heavy atom. The smallest absolute Gasteiger partial charge is 0.344 e. The fraction of sp³-hybridized carbons (Fsp3) is 0.278. The molecule has 0 aliphatic carbocycles. The minimum absolute atomic E-state index is 0.570. The third-order valence-electron chi connectivity index (χ3n) is 3.44. The highest BCUT2D eigenvalue weighted by Crippen LogP contribution is 2.33. The van der Waals surface area contributed by atoms with Crippen LogP contribution in [0.1, 0.15) is 23.6 Å². The molecule has 0 saturated carbocycles. The lowest BCUT2D eigenvalue weighted by Crippen LogP contribution is -2.23. The highest BCUT2D eigenvalue weighted by Gasteiger charge is 2.16. The molecule has 5 heteroatoms. The summed E-state index contributed by atoms with van der Waals surface area (Å²) in [5.74, 6) is 0.961.